The summed E-state index contributed by atoms with van der Waals surface area (Å²) in [5, 5.41) is 3.81. The maximum Gasteiger partial charge on any atom is 0.0416 e. The van der Waals surface area contributed by atoms with Crippen LogP contribution in [0.1, 0.15) is 153 Å². The van der Waals surface area contributed by atoms with E-state index in [1.54, 1.807) is 11.1 Å². The molecule has 0 bridgehead atoms. The van der Waals surface area contributed by atoms with Crippen LogP contribution in [0.3, 0.4) is 0 Å². The zero-order valence-corrected chi connectivity index (χ0v) is 24.9. The lowest BCUT2D eigenvalue weighted by atomic mass is 9.95. The highest BCUT2D eigenvalue weighted by molar-refractivity contribution is 5.64. The van der Waals surface area contributed by atoms with E-state index in [4.69, 9.17) is 0 Å². The lowest BCUT2D eigenvalue weighted by Crippen LogP contribution is -2.00. The lowest BCUT2D eigenvalue weighted by Gasteiger charge is -2.16. The lowest BCUT2D eigenvalue weighted by molar-refractivity contribution is 0.599. The van der Waals surface area contributed by atoms with Gasteiger partial charge in [0.1, 0.15) is 0 Å². The summed E-state index contributed by atoms with van der Waals surface area (Å²) in [6, 6.07) is 16.2. The molecule has 37 heavy (non-hydrogen) atoms. The van der Waals surface area contributed by atoms with E-state index >= 15 is 0 Å². The van der Waals surface area contributed by atoms with Crippen molar-refractivity contribution in [2.45, 2.75) is 156 Å². The molecule has 0 spiro atoms. The molecule has 0 atom stereocenters. The van der Waals surface area contributed by atoms with Crippen LogP contribution in [0.2, 0.25) is 0 Å². The van der Waals surface area contributed by atoms with E-state index in [0.29, 0.717) is 0 Å². The normalized spacial score (nSPS) is 11.2. The summed E-state index contributed by atoms with van der Waals surface area (Å²) in [5.41, 5.74) is 7.21. The maximum absolute atomic E-state index is 3.81. The molecule has 0 amide bonds. The van der Waals surface area contributed by atoms with Gasteiger partial charge in [-0.1, -0.05) is 141 Å². The molecule has 0 aliphatic heterocycles. The molecule has 0 fully saturated rings. The van der Waals surface area contributed by atoms with Crippen molar-refractivity contribution in [3.05, 3.63) is 59.2 Å². The third-order valence-electron chi connectivity index (χ3n) is 7.90. The topological polar surface area (TPSA) is 12.0 Å². The second kappa shape index (κ2) is 21.2. The first kappa shape index (κ1) is 31.5. The Bertz CT molecular complexity index is 808. The van der Waals surface area contributed by atoms with Gasteiger partial charge in [-0.15, -0.1) is 0 Å². The molecule has 1 heteroatoms. The molecule has 0 heterocycles. The van der Waals surface area contributed by atoms with E-state index in [1.165, 1.54) is 152 Å². The van der Waals surface area contributed by atoms with Gasteiger partial charge in [-0.25, -0.2) is 0 Å². The highest BCUT2D eigenvalue weighted by atomic mass is 14.9. The molecule has 0 aliphatic carbocycles. The fourth-order valence-corrected chi connectivity index (χ4v) is 5.48. The first-order valence-corrected chi connectivity index (χ1v) is 16.2. The highest BCUT2D eigenvalue weighted by Gasteiger charge is 2.08. The molecular weight excluding hydrogens is 446 g/mol. The SMILES string of the molecule is CCCCCCCCc1ccc(Nc2ccccc2CCCCCCCC)cc1CCCCCCCC. The Balaban J connectivity index is 1.98. The van der Waals surface area contributed by atoms with Crippen LogP contribution in [0, 0.1) is 0 Å². The van der Waals surface area contributed by atoms with Gasteiger partial charge in [-0.05, 0) is 73.4 Å². The van der Waals surface area contributed by atoms with Gasteiger partial charge < -0.3 is 5.32 Å². The van der Waals surface area contributed by atoms with Crippen LogP contribution < -0.4 is 5.32 Å². The van der Waals surface area contributed by atoms with Crippen molar-refractivity contribution in [1.29, 1.82) is 0 Å². The number of nitrogens with one attached hydrogen (secondary N) is 1. The van der Waals surface area contributed by atoms with Crippen LogP contribution in [-0.2, 0) is 19.3 Å². The van der Waals surface area contributed by atoms with Gasteiger partial charge in [0, 0.05) is 11.4 Å². The molecule has 0 aromatic heterocycles. The van der Waals surface area contributed by atoms with Crippen LogP contribution in [0.25, 0.3) is 0 Å². The number of rotatable bonds is 23. The number of hydrogen-bond donors (Lipinski definition) is 1. The second-order valence-corrected chi connectivity index (χ2v) is 11.3. The number of unbranched alkanes of at least 4 members (excludes halogenated alkanes) is 15. The van der Waals surface area contributed by atoms with E-state index in [9.17, 15) is 0 Å². The minimum atomic E-state index is 1.18. The molecule has 1 N–H and O–H groups in total. The van der Waals surface area contributed by atoms with Gasteiger partial charge in [0.2, 0.25) is 0 Å². The molecule has 2 aromatic carbocycles. The Hall–Kier alpha value is -1.76. The zero-order valence-electron chi connectivity index (χ0n) is 24.9. The minimum Gasteiger partial charge on any atom is -0.355 e. The number of aryl methyl sites for hydroxylation is 3. The Labute approximate surface area is 231 Å². The second-order valence-electron chi connectivity index (χ2n) is 11.3. The van der Waals surface area contributed by atoms with Gasteiger partial charge in [0.05, 0.1) is 0 Å². The fraction of sp³-hybridized carbons (Fsp3) is 0.667. The molecular formula is C36H59N. The summed E-state index contributed by atoms with van der Waals surface area (Å²) in [4.78, 5) is 0. The van der Waals surface area contributed by atoms with Crippen molar-refractivity contribution in [1.82, 2.24) is 0 Å². The van der Waals surface area contributed by atoms with Crippen molar-refractivity contribution in [2.24, 2.45) is 0 Å². The predicted molar refractivity (Wildman–Crippen MR) is 167 cm³/mol. The largest absolute Gasteiger partial charge is 0.355 e. The van der Waals surface area contributed by atoms with Crippen molar-refractivity contribution < 1.29 is 0 Å². The molecule has 1 nitrogen and oxygen atoms in total. The van der Waals surface area contributed by atoms with Gasteiger partial charge >= 0.3 is 0 Å². The van der Waals surface area contributed by atoms with Crippen LogP contribution in [-0.4, -0.2) is 0 Å². The van der Waals surface area contributed by atoms with Crippen molar-refractivity contribution in [3.63, 3.8) is 0 Å². The smallest absolute Gasteiger partial charge is 0.0416 e. The Kier molecular flexibility index (Phi) is 18.0. The fourth-order valence-electron chi connectivity index (χ4n) is 5.48. The van der Waals surface area contributed by atoms with Gasteiger partial charge in [0.15, 0.2) is 0 Å². The third-order valence-corrected chi connectivity index (χ3v) is 7.90. The van der Waals surface area contributed by atoms with E-state index in [0.717, 1.165) is 0 Å². The first-order chi connectivity index (χ1) is 18.3. The van der Waals surface area contributed by atoms with Crippen LogP contribution >= 0.6 is 0 Å². The molecule has 0 aliphatic rings. The number of para-hydroxylation sites is 1. The Morgan fingerprint density at radius 1 is 0.432 bits per heavy atom. The van der Waals surface area contributed by atoms with Crippen molar-refractivity contribution in [3.8, 4) is 0 Å². The van der Waals surface area contributed by atoms with E-state index in [1.807, 2.05) is 0 Å². The third kappa shape index (κ3) is 14.1. The van der Waals surface area contributed by atoms with E-state index < -0.39 is 0 Å². The van der Waals surface area contributed by atoms with Gasteiger partial charge in [-0.2, -0.15) is 0 Å². The molecule has 208 valence electrons. The number of hydrogen-bond acceptors (Lipinski definition) is 1. The van der Waals surface area contributed by atoms with Crippen molar-refractivity contribution >= 4 is 11.4 Å². The highest BCUT2D eigenvalue weighted by Crippen LogP contribution is 2.27. The summed E-state index contributed by atoms with van der Waals surface area (Å²) >= 11 is 0. The minimum absolute atomic E-state index is 1.18. The Morgan fingerprint density at radius 3 is 1.46 bits per heavy atom. The standard InChI is InChI=1S/C36H59N/c1-4-7-10-13-16-19-24-32-29-30-35(31-34(32)27-21-18-15-12-9-6-3)37-36-28-23-22-26-33(36)25-20-17-14-11-8-5-2/h22-23,26,28-31,37H,4-21,24-25,27H2,1-3H3. The molecule has 2 rings (SSSR count). The van der Waals surface area contributed by atoms with Gasteiger partial charge in [-0.3, -0.25) is 0 Å². The molecule has 2 aromatic rings. The van der Waals surface area contributed by atoms with E-state index in [2.05, 4.69) is 68.6 Å². The van der Waals surface area contributed by atoms with Crippen molar-refractivity contribution in [2.75, 3.05) is 5.32 Å². The Morgan fingerprint density at radius 2 is 0.892 bits per heavy atom. The quantitative estimate of drug-likeness (QED) is 0.148. The maximum atomic E-state index is 3.81. The molecule has 0 saturated carbocycles. The monoisotopic (exact) mass is 505 g/mol. The zero-order chi connectivity index (χ0) is 26.4. The predicted octanol–water partition coefficient (Wildman–Crippen LogP) is 12.1. The summed E-state index contributed by atoms with van der Waals surface area (Å²) in [5.74, 6) is 0. The van der Waals surface area contributed by atoms with Crippen LogP contribution in [0.15, 0.2) is 42.5 Å². The summed E-state index contributed by atoms with van der Waals surface area (Å²) in [6.45, 7) is 6.90. The molecule has 0 saturated heterocycles. The van der Waals surface area contributed by atoms with E-state index in [-0.39, 0.29) is 0 Å². The average Bonchev–Trinajstić information content (AvgIpc) is 2.92. The number of benzene rings is 2. The molecule has 0 radical (unpaired) electrons. The summed E-state index contributed by atoms with van der Waals surface area (Å²) in [7, 11) is 0. The van der Waals surface area contributed by atoms with Crippen LogP contribution in [0.4, 0.5) is 11.4 Å². The first-order valence-electron chi connectivity index (χ1n) is 16.2. The average molecular weight is 506 g/mol. The summed E-state index contributed by atoms with van der Waals surface area (Å²) in [6.07, 6.45) is 28.2. The molecule has 0 unspecified atom stereocenters. The number of anilines is 2. The summed E-state index contributed by atoms with van der Waals surface area (Å²) < 4.78 is 0. The van der Waals surface area contributed by atoms with Crippen LogP contribution in [0.5, 0.6) is 0 Å². The van der Waals surface area contributed by atoms with Gasteiger partial charge in [0.25, 0.3) is 0 Å².